The lowest BCUT2D eigenvalue weighted by atomic mass is 10.0. The van der Waals surface area contributed by atoms with Crippen LogP contribution >= 0.6 is 11.8 Å². The molecular weight excluding hydrogens is 421 g/mol. The van der Waals surface area contributed by atoms with E-state index in [1.54, 1.807) is 0 Å². The number of piperazine rings is 1. The van der Waals surface area contributed by atoms with Crippen LogP contribution in [-0.4, -0.2) is 58.4 Å². The van der Waals surface area contributed by atoms with Crippen molar-refractivity contribution < 1.29 is 22.9 Å². The van der Waals surface area contributed by atoms with Gasteiger partial charge in [-0.05, 0) is 30.7 Å². The molecule has 1 atom stereocenters. The van der Waals surface area contributed by atoms with Crippen LogP contribution in [0.15, 0.2) is 22.0 Å². The lowest BCUT2D eigenvalue weighted by molar-refractivity contribution is -0.388. The number of thioether (sulfide) groups is 1. The summed E-state index contributed by atoms with van der Waals surface area (Å²) in [6.07, 6.45) is -2.24. The zero-order chi connectivity index (χ0) is 22.1. The molecule has 0 spiro atoms. The van der Waals surface area contributed by atoms with Gasteiger partial charge in [-0.3, -0.25) is 15.0 Å². The van der Waals surface area contributed by atoms with Crippen molar-refractivity contribution in [3.8, 4) is 0 Å². The fraction of sp³-hybridized carbons (Fsp3) is 0.579. The van der Waals surface area contributed by atoms with Crippen molar-refractivity contribution in [2.24, 2.45) is 4.99 Å². The highest BCUT2D eigenvalue weighted by Gasteiger charge is 2.38. The maximum Gasteiger partial charge on any atom is 0.416 e. The highest BCUT2D eigenvalue weighted by atomic mass is 32.2. The van der Waals surface area contributed by atoms with E-state index in [2.05, 4.69) is 23.7 Å². The quantitative estimate of drug-likeness (QED) is 0.386. The molecule has 2 heterocycles. The minimum absolute atomic E-state index is 0.0533. The number of halogens is 3. The Hall–Kier alpha value is -2.14. The van der Waals surface area contributed by atoms with Crippen LogP contribution in [0.4, 0.5) is 18.9 Å². The van der Waals surface area contributed by atoms with Crippen molar-refractivity contribution in [3.63, 3.8) is 0 Å². The van der Waals surface area contributed by atoms with E-state index in [0.717, 1.165) is 43.8 Å². The molecule has 0 aromatic heterocycles. The van der Waals surface area contributed by atoms with Gasteiger partial charge in [0, 0.05) is 43.9 Å². The Morgan fingerprint density at radius 1 is 1.27 bits per heavy atom. The second kappa shape index (κ2) is 8.93. The summed E-state index contributed by atoms with van der Waals surface area (Å²) in [4.78, 5) is 31.0. The minimum Gasteiger partial charge on any atom is -0.349 e. The number of amidine groups is 1. The van der Waals surface area contributed by atoms with Crippen LogP contribution in [0.1, 0.15) is 43.9 Å². The zero-order valence-electron chi connectivity index (χ0n) is 16.7. The molecule has 1 fully saturated rings. The van der Waals surface area contributed by atoms with Crippen molar-refractivity contribution in [1.29, 1.82) is 0 Å². The van der Waals surface area contributed by atoms with Gasteiger partial charge in [0.05, 0.1) is 15.4 Å². The van der Waals surface area contributed by atoms with Crippen LogP contribution in [0.2, 0.25) is 0 Å². The average molecular weight is 444 g/mol. The lowest BCUT2D eigenvalue weighted by Crippen LogP contribution is -2.51. The Morgan fingerprint density at radius 3 is 2.40 bits per heavy atom. The molecule has 1 aromatic rings. The van der Waals surface area contributed by atoms with Crippen molar-refractivity contribution >= 4 is 28.9 Å². The first-order valence-electron chi connectivity index (χ1n) is 9.79. The second-order valence-corrected chi connectivity index (χ2v) is 8.23. The van der Waals surface area contributed by atoms with Crippen LogP contribution < -0.4 is 0 Å². The molecular formula is C19H23F3N4O3S. The summed E-state index contributed by atoms with van der Waals surface area (Å²) in [5.74, 6) is 0. The van der Waals surface area contributed by atoms with Crippen LogP contribution in [0, 0.1) is 10.1 Å². The summed E-state index contributed by atoms with van der Waals surface area (Å²) in [5, 5.41) is 11.9. The fourth-order valence-electron chi connectivity index (χ4n) is 3.91. The predicted octanol–water partition coefficient (Wildman–Crippen LogP) is 4.12. The molecule has 7 nitrogen and oxygen atoms in total. The van der Waals surface area contributed by atoms with Gasteiger partial charge in [0.25, 0.3) is 5.69 Å². The van der Waals surface area contributed by atoms with Gasteiger partial charge in [-0.1, -0.05) is 13.8 Å². The number of hydrogen-bond donors (Lipinski definition) is 0. The number of carbonyl (C=O) groups excluding carboxylic acids is 1. The van der Waals surface area contributed by atoms with E-state index in [-0.39, 0.29) is 10.5 Å². The number of nitro benzene ring substituents is 1. The Bertz CT molecular complexity index is 850. The highest BCUT2D eigenvalue weighted by Crippen LogP contribution is 2.45. The monoisotopic (exact) mass is 444 g/mol. The maximum absolute atomic E-state index is 13.2. The summed E-state index contributed by atoms with van der Waals surface area (Å²) in [5.41, 5.74) is -1.88. The number of aliphatic imine (C=N–C) groups is 1. The summed E-state index contributed by atoms with van der Waals surface area (Å²) in [7, 11) is 0. The minimum atomic E-state index is -4.76. The Labute approximate surface area is 176 Å². The molecule has 0 bridgehead atoms. The lowest BCUT2D eigenvalue weighted by Gasteiger charge is -2.40. The van der Waals surface area contributed by atoms with Crippen molar-refractivity contribution in [1.82, 2.24) is 9.80 Å². The van der Waals surface area contributed by atoms with Gasteiger partial charge >= 0.3 is 6.18 Å². The van der Waals surface area contributed by atoms with E-state index < -0.39 is 28.4 Å². The van der Waals surface area contributed by atoms with Crippen LogP contribution in [-0.2, 0) is 11.0 Å². The summed E-state index contributed by atoms with van der Waals surface area (Å²) >= 11 is 0.968. The molecule has 2 aliphatic heterocycles. The van der Waals surface area contributed by atoms with Gasteiger partial charge in [0.1, 0.15) is 12.3 Å². The number of benzene rings is 1. The molecule has 30 heavy (non-hydrogen) atoms. The van der Waals surface area contributed by atoms with Crippen molar-refractivity contribution in [3.05, 3.63) is 33.4 Å². The Kier molecular flexibility index (Phi) is 6.71. The van der Waals surface area contributed by atoms with E-state index in [4.69, 9.17) is 0 Å². The van der Waals surface area contributed by atoms with E-state index in [1.165, 1.54) is 0 Å². The van der Waals surface area contributed by atoms with Gasteiger partial charge in [-0.15, -0.1) is 0 Å². The maximum atomic E-state index is 13.2. The first-order chi connectivity index (χ1) is 14.2. The first kappa shape index (κ1) is 22.5. The Morgan fingerprint density at radius 2 is 1.90 bits per heavy atom. The molecule has 1 aromatic carbocycles. The van der Waals surface area contributed by atoms with Crippen LogP contribution in [0.5, 0.6) is 0 Å². The molecule has 11 heteroatoms. The number of hydrogen-bond acceptors (Lipinski definition) is 7. The van der Waals surface area contributed by atoms with Gasteiger partial charge in [-0.25, -0.2) is 4.99 Å². The zero-order valence-corrected chi connectivity index (χ0v) is 17.5. The molecule has 1 saturated heterocycles. The van der Waals surface area contributed by atoms with Crippen LogP contribution in [0.3, 0.4) is 0 Å². The number of rotatable bonds is 5. The third-order valence-corrected chi connectivity index (χ3v) is 6.75. The van der Waals surface area contributed by atoms with Gasteiger partial charge < -0.3 is 9.69 Å². The second-order valence-electron chi connectivity index (χ2n) is 7.26. The molecule has 1 unspecified atom stereocenters. The van der Waals surface area contributed by atoms with E-state index in [1.807, 2.05) is 4.90 Å². The molecule has 0 saturated carbocycles. The molecule has 164 valence electrons. The predicted molar refractivity (Wildman–Crippen MR) is 108 cm³/mol. The van der Waals surface area contributed by atoms with E-state index in [0.29, 0.717) is 36.7 Å². The van der Waals surface area contributed by atoms with Gasteiger partial charge in [0.15, 0.2) is 5.17 Å². The fourth-order valence-corrected chi connectivity index (χ4v) is 5.10. The number of nitro groups is 1. The number of aldehydes is 1. The molecule has 0 radical (unpaired) electrons. The molecule has 0 aliphatic carbocycles. The summed E-state index contributed by atoms with van der Waals surface area (Å²) < 4.78 is 39.6. The third-order valence-electron chi connectivity index (χ3n) is 5.56. The molecule has 0 N–H and O–H groups in total. The van der Waals surface area contributed by atoms with E-state index in [9.17, 15) is 28.1 Å². The number of carbonyl (C=O) groups is 1. The summed E-state index contributed by atoms with van der Waals surface area (Å²) in [6, 6.07) is 0.606. The SMILES string of the molecule is CCC(CC)N1CCN(C2=NC(C=O)c3cc(C(F)(F)F)cc([N+](=O)[O-])c3S2)CC1. The van der Waals surface area contributed by atoms with Gasteiger partial charge in [-0.2, -0.15) is 13.2 Å². The smallest absolute Gasteiger partial charge is 0.349 e. The molecule has 0 amide bonds. The molecule has 3 rings (SSSR count). The largest absolute Gasteiger partial charge is 0.416 e. The number of nitrogens with zero attached hydrogens (tertiary/aromatic N) is 4. The van der Waals surface area contributed by atoms with Gasteiger partial charge in [0.2, 0.25) is 0 Å². The normalized spacial score (nSPS) is 20.1. The van der Waals surface area contributed by atoms with Crippen LogP contribution in [0.25, 0.3) is 0 Å². The third kappa shape index (κ3) is 4.46. The van der Waals surface area contributed by atoms with Crippen molar-refractivity contribution in [2.45, 2.75) is 49.8 Å². The number of fused-ring (bicyclic) bond motifs is 1. The average Bonchev–Trinajstić information content (AvgIpc) is 2.72. The van der Waals surface area contributed by atoms with Crippen molar-refractivity contribution in [2.75, 3.05) is 26.2 Å². The van der Waals surface area contributed by atoms with E-state index >= 15 is 0 Å². The molecule has 2 aliphatic rings. The standard InChI is InChI=1S/C19H23F3N4O3S/c1-3-13(4-2)24-5-7-25(8-6-24)18-23-15(11-27)14-9-12(19(20,21)22)10-16(26(28)29)17(14)30-18/h9-11,13,15H,3-8H2,1-2H3. The number of alkyl halides is 3. The Balaban J connectivity index is 1.90. The highest BCUT2D eigenvalue weighted by molar-refractivity contribution is 8.14. The first-order valence-corrected chi connectivity index (χ1v) is 10.6. The topological polar surface area (TPSA) is 79.0 Å². The summed E-state index contributed by atoms with van der Waals surface area (Å²) in [6.45, 7) is 7.14.